The first-order chi connectivity index (χ1) is 10.0. The Morgan fingerprint density at radius 1 is 0.810 bits per heavy atom. The molecule has 6 nitrogen and oxygen atoms in total. The number of hydrogen-bond acceptors (Lipinski definition) is 4. The summed E-state index contributed by atoms with van der Waals surface area (Å²) in [5.74, 6) is 0.101. The number of rotatable bonds is 5. The van der Waals surface area contributed by atoms with E-state index in [1.165, 1.54) is 24.3 Å². The van der Waals surface area contributed by atoms with Gasteiger partial charge in [0.05, 0.1) is 9.85 Å². The molecular formula is C14H11ClN2O4. The molecule has 2 aromatic rings. The maximum absolute atomic E-state index is 10.6. The fourth-order valence-corrected chi connectivity index (χ4v) is 2.38. The molecule has 0 aliphatic carbocycles. The molecular weight excluding hydrogens is 296 g/mol. The monoisotopic (exact) mass is 306 g/mol. The van der Waals surface area contributed by atoms with Gasteiger partial charge in [0.1, 0.15) is 0 Å². The third-order valence-electron chi connectivity index (χ3n) is 3.17. The van der Waals surface area contributed by atoms with E-state index in [0.29, 0.717) is 0 Å². The molecule has 0 atom stereocenters. The van der Waals surface area contributed by atoms with Gasteiger partial charge in [0.25, 0.3) is 11.4 Å². The molecule has 0 saturated heterocycles. The van der Waals surface area contributed by atoms with Crippen LogP contribution in [0.15, 0.2) is 48.5 Å². The average Bonchev–Trinajstić information content (AvgIpc) is 2.49. The average molecular weight is 307 g/mol. The molecule has 0 unspecified atom stereocenters. The van der Waals surface area contributed by atoms with Crippen LogP contribution in [0.2, 0.25) is 0 Å². The molecule has 0 spiro atoms. The number of alkyl halides is 1. The van der Waals surface area contributed by atoms with Crippen LogP contribution < -0.4 is 0 Å². The maximum Gasteiger partial charge on any atom is 0.269 e. The van der Waals surface area contributed by atoms with E-state index in [-0.39, 0.29) is 23.2 Å². The Balaban J connectivity index is 2.30. The lowest BCUT2D eigenvalue weighted by Gasteiger charge is -2.14. The predicted octanol–water partition coefficient (Wildman–Crippen LogP) is 3.87. The molecule has 0 radical (unpaired) electrons. The summed E-state index contributed by atoms with van der Waals surface area (Å²) in [5.41, 5.74) is 1.67. The highest BCUT2D eigenvalue weighted by molar-refractivity contribution is 6.18. The van der Waals surface area contributed by atoms with Crippen molar-refractivity contribution >= 4 is 23.0 Å². The van der Waals surface area contributed by atoms with Gasteiger partial charge in [-0.05, 0) is 11.1 Å². The first-order valence-electron chi connectivity index (χ1n) is 6.07. The van der Waals surface area contributed by atoms with Crippen molar-refractivity contribution in [3.8, 4) is 0 Å². The van der Waals surface area contributed by atoms with Gasteiger partial charge in [-0.3, -0.25) is 20.2 Å². The Morgan fingerprint density at radius 2 is 1.14 bits per heavy atom. The van der Waals surface area contributed by atoms with Crippen LogP contribution in [0, 0.1) is 20.2 Å². The van der Waals surface area contributed by atoms with E-state index in [9.17, 15) is 20.2 Å². The van der Waals surface area contributed by atoms with Gasteiger partial charge >= 0.3 is 0 Å². The molecule has 0 aromatic heterocycles. The Bertz CT molecular complexity index is 598. The number of nitrogens with zero attached hydrogens (tertiary/aromatic N) is 2. The largest absolute Gasteiger partial charge is 0.269 e. The van der Waals surface area contributed by atoms with Gasteiger partial charge in [0.15, 0.2) is 0 Å². The van der Waals surface area contributed by atoms with E-state index >= 15 is 0 Å². The number of benzene rings is 2. The molecule has 0 aliphatic rings. The third-order valence-corrected chi connectivity index (χ3v) is 3.48. The van der Waals surface area contributed by atoms with E-state index in [1.807, 2.05) is 0 Å². The highest BCUT2D eigenvalue weighted by atomic mass is 35.5. The minimum atomic E-state index is -0.467. The van der Waals surface area contributed by atoms with Crippen molar-refractivity contribution in [2.45, 2.75) is 5.92 Å². The molecule has 2 aromatic carbocycles. The minimum absolute atomic E-state index is 0.00997. The molecule has 0 bridgehead atoms. The molecule has 0 fully saturated rings. The summed E-state index contributed by atoms with van der Waals surface area (Å²) in [7, 11) is 0. The zero-order valence-electron chi connectivity index (χ0n) is 10.8. The molecule has 0 amide bonds. The SMILES string of the molecule is O=[N+]([O-])c1ccc(C(CCl)c2ccc([N+](=O)[O-])cc2)cc1. The first kappa shape index (κ1) is 14.9. The van der Waals surface area contributed by atoms with Crippen molar-refractivity contribution in [1.82, 2.24) is 0 Å². The normalized spacial score (nSPS) is 10.6. The molecule has 2 rings (SSSR count). The van der Waals surface area contributed by atoms with Gasteiger partial charge in [-0.15, -0.1) is 11.6 Å². The van der Waals surface area contributed by atoms with Gasteiger partial charge in [0.2, 0.25) is 0 Å². The van der Waals surface area contributed by atoms with E-state index in [1.54, 1.807) is 24.3 Å². The quantitative estimate of drug-likeness (QED) is 0.476. The summed E-state index contributed by atoms with van der Waals surface area (Å²) in [6.07, 6.45) is 0. The maximum atomic E-state index is 10.6. The summed E-state index contributed by atoms with van der Waals surface area (Å²) >= 11 is 5.97. The minimum Gasteiger partial charge on any atom is -0.258 e. The molecule has 7 heteroatoms. The van der Waals surface area contributed by atoms with Crippen molar-refractivity contribution in [2.24, 2.45) is 0 Å². The summed E-state index contributed by atoms with van der Waals surface area (Å²) in [6.45, 7) is 0. The molecule has 21 heavy (non-hydrogen) atoms. The van der Waals surface area contributed by atoms with Gasteiger partial charge in [-0.2, -0.15) is 0 Å². The van der Waals surface area contributed by atoms with Gasteiger partial charge in [0, 0.05) is 36.1 Å². The summed E-state index contributed by atoms with van der Waals surface area (Å²) < 4.78 is 0. The lowest BCUT2D eigenvalue weighted by atomic mass is 9.93. The second kappa shape index (κ2) is 6.32. The van der Waals surface area contributed by atoms with Crippen molar-refractivity contribution in [3.05, 3.63) is 79.9 Å². The second-order valence-corrected chi connectivity index (χ2v) is 4.71. The number of nitro benzene ring substituents is 2. The van der Waals surface area contributed by atoms with Crippen LogP contribution in [0.1, 0.15) is 17.0 Å². The standard InChI is InChI=1S/C14H11ClN2O4/c15-9-14(10-1-5-12(6-2-10)16(18)19)11-3-7-13(8-4-11)17(20)21/h1-8,14H,9H2. The first-order valence-corrected chi connectivity index (χ1v) is 6.61. The zero-order valence-corrected chi connectivity index (χ0v) is 11.6. The molecule has 0 aliphatic heterocycles. The van der Waals surface area contributed by atoms with Crippen molar-refractivity contribution in [2.75, 3.05) is 5.88 Å². The predicted molar refractivity (Wildman–Crippen MR) is 78.8 cm³/mol. The topological polar surface area (TPSA) is 86.3 Å². The van der Waals surface area contributed by atoms with Crippen LogP contribution in [0.25, 0.3) is 0 Å². The van der Waals surface area contributed by atoms with Crippen LogP contribution in [-0.2, 0) is 0 Å². The van der Waals surface area contributed by atoms with Crippen LogP contribution >= 0.6 is 11.6 Å². The lowest BCUT2D eigenvalue weighted by molar-refractivity contribution is -0.385. The second-order valence-electron chi connectivity index (χ2n) is 4.40. The van der Waals surface area contributed by atoms with E-state index in [4.69, 9.17) is 11.6 Å². The Kier molecular flexibility index (Phi) is 4.49. The van der Waals surface area contributed by atoms with E-state index < -0.39 is 9.85 Å². The van der Waals surface area contributed by atoms with Crippen LogP contribution in [0.4, 0.5) is 11.4 Å². The summed E-state index contributed by atoms with van der Waals surface area (Å²) in [5, 5.41) is 21.3. The van der Waals surface area contributed by atoms with E-state index in [0.717, 1.165) is 11.1 Å². The highest BCUT2D eigenvalue weighted by Crippen LogP contribution is 2.28. The number of hydrogen-bond donors (Lipinski definition) is 0. The number of nitro groups is 2. The Labute approximate surface area is 125 Å². The van der Waals surface area contributed by atoms with E-state index in [2.05, 4.69) is 0 Å². The van der Waals surface area contributed by atoms with Crippen molar-refractivity contribution < 1.29 is 9.85 Å². The van der Waals surface area contributed by atoms with Crippen molar-refractivity contribution in [3.63, 3.8) is 0 Å². The van der Waals surface area contributed by atoms with Crippen LogP contribution in [0.3, 0.4) is 0 Å². The molecule has 108 valence electrons. The fraction of sp³-hybridized carbons (Fsp3) is 0.143. The van der Waals surface area contributed by atoms with Crippen LogP contribution in [-0.4, -0.2) is 15.7 Å². The molecule has 0 N–H and O–H groups in total. The lowest BCUT2D eigenvalue weighted by Crippen LogP contribution is -2.03. The summed E-state index contributed by atoms with van der Waals surface area (Å²) in [4.78, 5) is 20.3. The highest BCUT2D eigenvalue weighted by Gasteiger charge is 2.16. The zero-order chi connectivity index (χ0) is 15.4. The van der Waals surface area contributed by atoms with Crippen LogP contribution in [0.5, 0.6) is 0 Å². The Morgan fingerprint density at radius 3 is 1.38 bits per heavy atom. The number of halogens is 1. The van der Waals surface area contributed by atoms with Gasteiger partial charge in [-0.1, -0.05) is 24.3 Å². The van der Waals surface area contributed by atoms with Crippen molar-refractivity contribution in [1.29, 1.82) is 0 Å². The van der Waals surface area contributed by atoms with Gasteiger partial charge in [-0.25, -0.2) is 0 Å². The fourth-order valence-electron chi connectivity index (χ4n) is 2.03. The smallest absolute Gasteiger partial charge is 0.258 e. The number of non-ortho nitro benzene ring substituents is 2. The Hall–Kier alpha value is -2.47. The molecule has 0 heterocycles. The van der Waals surface area contributed by atoms with Gasteiger partial charge < -0.3 is 0 Å². The third kappa shape index (κ3) is 3.35. The summed E-state index contributed by atoms with van der Waals surface area (Å²) in [6, 6.07) is 12.2. The molecule has 0 saturated carbocycles.